The van der Waals surface area contributed by atoms with Crippen molar-refractivity contribution in [1.82, 2.24) is 4.90 Å². The number of amidine groups is 1. The topological polar surface area (TPSA) is 27.1 Å². The van der Waals surface area contributed by atoms with Gasteiger partial charge in [-0.3, -0.25) is 5.41 Å². The van der Waals surface area contributed by atoms with E-state index in [4.69, 9.17) is 5.41 Å². The Hall–Kier alpha value is -0.830. The average Bonchev–Trinajstić information content (AvgIpc) is 2.71. The lowest BCUT2D eigenvalue weighted by Crippen LogP contribution is -2.42. The highest BCUT2D eigenvalue weighted by atomic mass is 32.1. The van der Waals surface area contributed by atoms with Crippen molar-refractivity contribution in [2.45, 2.75) is 38.6 Å². The van der Waals surface area contributed by atoms with Crippen LogP contribution in [0.15, 0.2) is 17.5 Å². The number of hydrogen-bond donors (Lipinski definition) is 1. The minimum Gasteiger partial charge on any atom is -0.357 e. The van der Waals surface area contributed by atoms with Gasteiger partial charge >= 0.3 is 0 Å². The van der Waals surface area contributed by atoms with Gasteiger partial charge in [0.25, 0.3) is 0 Å². The summed E-state index contributed by atoms with van der Waals surface area (Å²) in [7, 11) is 0. The molecule has 2 heterocycles. The maximum Gasteiger partial charge on any atom is 0.0960 e. The summed E-state index contributed by atoms with van der Waals surface area (Å²) in [5, 5.41) is 10.1. The van der Waals surface area contributed by atoms with Crippen LogP contribution < -0.4 is 0 Å². The first-order valence-corrected chi connectivity index (χ1v) is 6.52. The second-order valence-corrected chi connectivity index (χ2v) is 5.26. The van der Waals surface area contributed by atoms with Gasteiger partial charge in [-0.15, -0.1) is 11.3 Å². The molecule has 1 aliphatic heterocycles. The van der Waals surface area contributed by atoms with Crippen LogP contribution in [-0.2, 0) is 6.42 Å². The first-order chi connectivity index (χ1) is 7.27. The number of hydrogen-bond acceptors (Lipinski definition) is 2. The quantitative estimate of drug-likeness (QED) is 0.835. The fourth-order valence-corrected chi connectivity index (χ4v) is 3.00. The molecule has 1 aliphatic rings. The highest BCUT2D eigenvalue weighted by Gasteiger charge is 2.20. The number of rotatable bonds is 3. The van der Waals surface area contributed by atoms with E-state index in [2.05, 4.69) is 29.3 Å². The Morgan fingerprint density at radius 1 is 1.53 bits per heavy atom. The van der Waals surface area contributed by atoms with Crippen LogP contribution in [0, 0.1) is 5.41 Å². The van der Waals surface area contributed by atoms with Gasteiger partial charge in [0.2, 0.25) is 0 Å². The molecular formula is C12H18N2S. The smallest absolute Gasteiger partial charge is 0.0960 e. The molecule has 1 atom stereocenters. The maximum atomic E-state index is 7.93. The van der Waals surface area contributed by atoms with Crippen LogP contribution in [0.25, 0.3) is 0 Å². The van der Waals surface area contributed by atoms with E-state index in [1.54, 1.807) is 0 Å². The Bertz CT molecular complexity index is 318. The standard InChI is InChI=1S/C12H18N2S/c1-10(9-11-5-4-8-15-11)14-7-3-2-6-12(14)13/h4-5,8,10,13H,2-3,6-7,9H2,1H3. The van der Waals surface area contributed by atoms with Crippen molar-refractivity contribution >= 4 is 17.2 Å². The Balaban J connectivity index is 1.94. The summed E-state index contributed by atoms with van der Waals surface area (Å²) in [4.78, 5) is 3.70. The summed E-state index contributed by atoms with van der Waals surface area (Å²) in [5.41, 5.74) is 0. The zero-order valence-corrected chi connectivity index (χ0v) is 10.0. The second-order valence-electron chi connectivity index (χ2n) is 4.23. The van der Waals surface area contributed by atoms with E-state index in [1.165, 1.54) is 17.7 Å². The zero-order chi connectivity index (χ0) is 10.7. The van der Waals surface area contributed by atoms with Crippen LogP contribution in [0.4, 0.5) is 0 Å². The van der Waals surface area contributed by atoms with E-state index in [0.717, 1.165) is 25.2 Å². The van der Waals surface area contributed by atoms with Crippen LogP contribution in [0.1, 0.15) is 31.1 Å². The van der Waals surface area contributed by atoms with Crippen LogP contribution >= 0.6 is 11.3 Å². The number of nitrogens with zero attached hydrogens (tertiary/aromatic N) is 1. The molecule has 82 valence electrons. The van der Waals surface area contributed by atoms with Gasteiger partial charge in [-0.25, -0.2) is 0 Å². The van der Waals surface area contributed by atoms with E-state index in [-0.39, 0.29) is 0 Å². The average molecular weight is 222 g/mol. The summed E-state index contributed by atoms with van der Waals surface area (Å²) < 4.78 is 0. The molecule has 1 saturated heterocycles. The van der Waals surface area contributed by atoms with E-state index in [1.807, 2.05) is 11.3 Å². The van der Waals surface area contributed by atoms with Crippen molar-refractivity contribution in [3.63, 3.8) is 0 Å². The third-order valence-corrected chi connectivity index (χ3v) is 3.92. The Kier molecular flexibility index (Phi) is 3.41. The molecule has 0 amide bonds. The number of nitrogens with one attached hydrogen (secondary N) is 1. The van der Waals surface area contributed by atoms with Crippen molar-refractivity contribution < 1.29 is 0 Å². The van der Waals surface area contributed by atoms with Crippen molar-refractivity contribution in [3.8, 4) is 0 Å². The third kappa shape index (κ3) is 2.59. The summed E-state index contributed by atoms with van der Waals surface area (Å²) in [6, 6.07) is 4.78. The van der Waals surface area contributed by atoms with Gasteiger partial charge in [0.1, 0.15) is 0 Å². The van der Waals surface area contributed by atoms with Gasteiger partial charge in [0.05, 0.1) is 5.84 Å². The molecule has 0 aliphatic carbocycles. The molecule has 1 N–H and O–H groups in total. The summed E-state index contributed by atoms with van der Waals surface area (Å²) in [6.07, 6.45) is 4.49. The summed E-state index contributed by atoms with van der Waals surface area (Å²) in [6.45, 7) is 3.31. The van der Waals surface area contributed by atoms with Crippen molar-refractivity contribution in [2.75, 3.05) is 6.54 Å². The van der Waals surface area contributed by atoms with Crippen molar-refractivity contribution in [1.29, 1.82) is 5.41 Å². The first-order valence-electron chi connectivity index (χ1n) is 5.64. The van der Waals surface area contributed by atoms with Gasteiger partial charge in [-0.05, 0) is 31.2 Å². The highest BCUT2D eigenvalue weighted by molar-refractivity contribution is 7.09. The van der Waals surface area contributed by atoms with E-state index in [9.17, 15) is 0 Å². The largest absolute Gasteiger partial charge is 0.357 e. The predicted molar refractivity (Wildman–Crippen MR) is 65.8 cm³/mol. The second kappa shape index (κ2) is 4.79. The van der Waals surface area contributed by atoms with Gasteiger partial charge < -0.3 is 4.90 Å². The molecule has 15 heavy (non-hydrogen) atoms. The monoisotopic (exact) mass is 222 g/mol. The Morgan fingerprint density at radius 2 is 2.40 bits per heavy atom. The number of likely N-dealkylation sites (tertiary alicyclic amines) is 1. The van der Waals surface area contributed by atoms with Crippen LogP contribution in [-0.4, -0.2) is 23.3 Å². The molecule has 1 aromatic heterocycles. The van der Waals surface area contributed by atoms with E-state index in [0.29, 0.717) is 6.04 Å². The van der Waals surface area contributed by atoms with E-state index < -0.39 is 0 Å². The molecule has 1 unspecified atom stereocenters. The molecule has 3 heteroatoms. The molecular weight excluding hydrogens is 204 g/mol. The lowest BCUT2D eigenvalue weighted by Gasteiger charge is -2.34. The summed E-state index contributed by atoms with van der Waals surface area (Å²) in [5.74, 6) is 0.838. The predicted octanol–water partition coefficient (Wildman–Crippen LogP) is 3.14. The summed E-state index contributed by atoms with van der Waals surface area (Å²) >= 11 is 1.82. The van der Waals surface area contributed by atoms with E-state index >= 15 is 0 Å². The molecule has 0 saturated carbocycles. The molecule has 1 aromatic rings. The Morgan fingerprint density at radius 3 is 3.07 bits per heavy atom. The van der Waals surface area contributed by atoms with Crippen LogP contribution in [0.5, 0.6) is 0 Å². The normalized spacial score (nSPS) is 19.3. The Labute approximate surface area is 95.4 Å². The lowest BCUT2D eigenvalue weighted by molar-refractivity contribution is 0.294. The minimum absolute atomic E-state index is 0.483. The molecule has 2 nitrogen and oxygen atoms in total. The maximum absolute atomic E-state index is 7.93. The molecule has 0 aromatic carbocycles. The molecule has 2 rings (SSSR count). The zero-order valence-electron chi connectivity index (χ0n) is 9.20. The van der Waals surface area contributed by atoms with Gasteiger partial charge in [-0.2, -0.15) is 0 Å². The van der Waals surface area contributed by atoms with Gasteiger partial charge in [0.15, 0.2) is 0 Å². The van der Waals surface area contributed by atoms with Gasteiger partial charge in [0, 0.05) is 30.3 Å². The molecule has 0 radical (unpaired) electrons. The lowest BCUT2D eigenvalue weighted by atomic mass is 10.1. The molecule has 0 bridgehead atoms. The van der Waals surface area contributed by atoms with Gasteiger partial charge in [-0.1, -0.05) is 6.07 Å². The number of piperidine rings is 1. The molecule has 1 fully saturated rings. The fourth-order valence-electron chi connectivity index (χ4n) is 2.17. The highest BCUT2D eigenvalue weighted by Crippen LogP contribution is 2.18. The molecule has 0 spiro atoms. The number of thiophene rings is 1. The van der Waals surface area contributed by atoms with Crippen molar-refractivity contribution in [2.24, 2.45) is 0 Å². The first kappa shape index (κ1) is 10.7. The third-order valence-electron chi connectivity index (χ3n) is 3.02. The van der Waals surface area contributed by atoms with Crippen LogP contribution in [0.2, 0.25) is 0 Å². The fraction of sp³-hybridized carbons (Fsp3) is 0.583. The van der Waals surface area contributed by atoms with Crippen molar-refractivity contribution in [3.05, 3.63) is 22.4 Å². The minimum atomic E-state index is 0.483. The van der Waals surface area contributed by atoms with Crippen LogP contribution in [0.3, 0.4) is 0 Å². The SMILES string of the molecule is CC(Cc1cccs1)N1CCCCC1=N.